The minimum atomic E-state index is 0.0383. The van der Waals surface area contributed by atoms with Crippen LogP contribution in [0, 0.1) is 12.8 Å². The third kappa shape index (κ3) is 4.99. The molecule has 1 atom stereocenters. The summed E-state index contributed by atoms with van der Waals surface area (Å²) in [5.41, 5.74) is 2.85. The Balaban J connectivity index is 1.37. The van der Waals surface area contributed by atoms with Gasteiger partial charge in [-0.05, 0) is 56.2 Å². The van der Waals surface area contributed by atoms with Gasteiger partial charge in [-0.1, -0.05) is 19.1 Å². The van der Waals surface area contributed by atoms with Crippen molar-refractivity contribution >= 4 is 5.95 Å². The van der Waals surface area contributed by atoms with E-state index < -0.39 is 0 Å². The Kier molecular flexibility index (Phi) is 6.46. The standard InChI is InChI=1S/C25H33N3O4/c1-16-3-7-19(8-4-16)27-25-26-17(2)23(24(28-25)32-22-14-30-15-22)18-5-9-20(10-6-18)31-21-11-12-29-13-21/h5-6,9-10,16,19,21-22H,3-4,7-8,11-15H2,1-2H3,(H,26,27,28)/t16-,19-,21-/m0/s1. The number of aromatic nitrogens is 2. The summed E-state index contributed by atoms with van der Waals surface area (Å²) in [6.07, 6.45) is 5.92. The minimum Gasteiger partial charge on any atom is -0.488 e. The topological polar surface area (TPSA) is 74.7 Å². The summed E-state index contributed by atoms with van der Waals surface area (Å²) in [5, 5.41) is 3.55. The molecule has 0 radical (unpaired) electrons. The maximum atomic E-state index is 6.24. The van der Waals surface area contributed by atoms with Gasteiger partial charge in [0, 0.05) is 12.5 Å². The highest BCUT2D eigenvalue weighted by Gasteiger charge is 2.26. The Morgan fingerprint density at radius 3 is 2.28 bits per heavy atom. The summed E-state index contributed by atoms with van der Waals surface area (Å²) in [6.45, 7) is 6.98. The molecule has 5 rings (SSSR count). The Labute approximate surface area is 189 Å². The molecule has 0 bridgehead atoms. The van der Waals surface area contributed by atoms with Crippen molar-refractivity contribution in [3.05, 3.63) is 30.0 Å². The number of hydrogen-bond donors (Lipinski definition) is 1. The largest absolute Gasteiger partial charge is 0.488 e. The van der Waals surface area contributed by atoms with Gasteiger partial charge in [0.15, 0.2) is 0 Å². The Bertz CT molecular complexity index is 902. The van der Waals surface area contributed by atoms with Crippen LogP contribution in [0.1, 0.15) is 44.7 Å². The minimum absolute atomic E-state index is 0.0383. The summed E-state index contributed by atoms with van der Waals surface area (Å²) in [5.74, 6) is 2.93. The predicted molar refractivity (Wildman–Crippen MR) is 122 cm³/mol. The van der Waals surface area contributed by atoms with Crippen molar-refractivity contribution in [1.82, 2.24) is 9.97 Å². The maximum absolute atomic E-state index is 6.24. The molecule has 0 unspecified atom stereocenters. The number of aryl methyl sites for hydroxylation is 1. The average molecular weight is 440 g/mol. The van der Waals surface area contributed by atoms with Gasteiger partial charge in [-0.3, -0.25) is 0 Å². The molecule has 1 saturated carbocycles. The van der Waals surface area contributed by atoms with Crippen molar-refractivity contribution < 1.29 is 18.9 Å². The van der Waals surface area contributed by atoms with Crippen molar-refractivity contribution in [2.75, 3.05) is 31.7 Å². The van der Waals surface area contributed by atoms with E-state index >= 15 is 0 Å². The van der Waals surface area contributed by atoms with Gasteiger partial charge in [-0.15, -0.1) is 0 Å². The smallest absolute Gasteiger partial charge is 0.226 e. The normalized spacial score (nSPS) is 25.9. The first kappa shape index (κ1) is 21.5. The highest BCUT2D eigenvalue weighted by Crippen LogP contribution is 2.35. The van der Waals surface area contributed by atoms with Crippen molar-refractivity contribution in [3.8, 4) is 22.8 Å². The summed E-state index contributed by atoms with van der Waals surface area (Å²) < 4.78 is 23.0. The highest BCUT2D eigenvalue weighted by molar-refractivity contribution is 5.72. The van der Waals surface area contributed by atoms with Gasteiger partial charge in [0.25, 0.3) is 0 Å². The molecule has 7 nitrogen and oxygen atoms in total. The van der Waals surface area contributed by atoms with Crippen LogP contribution in [0.2, 0.25) is 0 Å². The van der Waals surface area contributed by atoms with Crippen LogP contribution in [0.3, 0.4) is 0 Å². The molecule has 1 aromatic carbocycles. The monoisotopic (exact) mass is 439 g/mol. The van der Waals surface area contributed by atoms with Crippen LogP contribution in [0.25, 0.3) is 11.1 Å². The Morgan fingerprint density at radius 2 is 1.62 bits per heavy atom. The second kappa shape index (κ2) is 9.63. The molecule has 32 heavy (non-hydrogen) atoms. The fraction of sp³-hybridized carbons (Fsp3) is 0.600. The molecule has 0 amide bonds. The summed E-state index contributed by atoms with van der Waals surface area (Å²) in [4.78, 5) is 9.60. The molecule has 2 aromatic rings. The fourth-order valence-electron chi connectivity index (χ4n) is 4.55. The third-order valence-corrected chi connectivity index (χ3v) is 6.63. The molecular weight excluding hydrogens is 406 g/mol. The van der Waals surface area contributed by atoms with Crippen molar-refractivity contribution in [2.45, 2.75) is 64.2 Å². The van der Waals surface area contributed by atoms with Crippen LogP contribution in [-0.4, -0.2) is 54.6 Å². The molecular formula is C25H33N3O4. The number of rotatable bonds is 7. The Morgan fingerprint density at radius 1 is 0.875 bits per heavy atom. The quantitative estimate of drug-likeness (QED) is 0.686. The predicted octanol–water partition coefficient (Wildman–Crippen LogP) is 4.39. The number of hydrogen-bond acceptors (Lipinski definition) is 7. The van der Waals surface area contributed by atoms with E-state index in [1.165, 1.54) is 12.8 Å². The molecule has 3 heterocycles. The lowest BCUT2D eigenvalue weighted by Crippen LogP contribution is -2.39. The summed E-state index contributed by atoms with van der Waals surface area (Å²) >= 11 is 0. The zero-order valence-electron chi connectivity index (χ0n) is 19.0. The molecule has 3 aliphatic rings. The van der Waals surface area contributed by atoms with Crippen molar-refractivity contribution in [3.63, 3.8) is 0 Å². The van der Waals surface area contributed by atoms with Gasteiger partial charge in [-0.2, -0.15) is 4.98 Å². The zero-order chi connectivity index (χ0) is 21.9. The average Bonchev–Trinajstić information content (AvgIpc) is 3.26. The first-order chi connectivity index (χ1) is 15.6. The van der Waals surface area contributed by atoms with E-state index in [9.17, 15) is 0 Å². The molecule has 3 fully saturated rings. The zero-order valence-corrected chi connectivity index (χ0v) is 19.0. The second-order valence-corrected chi connectivity index (χ2v) is 9.32. The van der Waals surface area contributed by atoms with Gasteiger partial charge in [0.2, 0.25) is 11.8 Å². The van der Waals surface area contributed by atoms with Gasteiger partial charge < -0.3 is 24.3 Å². The SMILES string of the molecule is Cc1nc(N[C@H]2CC[C@H](C)CC2)nc(OC2COC2)c1-c1ccc(O[C@H]2CCOC2)cc1. The molecule has 7 heteroatoms. The lowest BCUT2D eigenvalue weighted by molar-refractivity contribution is -0.0811. The van der Waals surface area contributed by atoms with Gasteiger partial charge in [-0.25, -0.2) is 4.98 Å². The molecule has 1 aromatic heterocycles. The van der Waals surface area contributed by atoms with Crippen LogP contribution in [0.4, 0.5) is 5.95 Å². The lowest BCUT2D eigenvalue weighted by atomic mass is 9.87. The van der Waals surface area contributed by atoms with Gasteiger partial charge in [0.05, 0.1) is 37.7 Å². The van der Waals surface area contributed by atoms with E-state index in [0.29, 0.717) is 37.7 Å². The number of nitrogens with zero attached hydrogens (tertiary/aromatic N) is 2. The van der Waals surface area contributed by atoms with Crippen LogP contribution >= 0.6 is 0 Å². The van der Waals surface area contributed by atoms with Gasteiger partial charge >= 0.3 is 0 Å². The van der Waals surface area contributed by atoms with E-state index in [4.69, 9.17) is 28.9 Å². The molecule has 2 saturated heterocycles. The van der Waals surface area contributed by atoms with E-state index in [1.807, 2.05) is 19.1 Å². The number of benzene rings is 1. The first-order valence-electron chi connectivity index (χ1n) is 11.9. The third-order valence-electron chi connectivity index (χ3n) is 6.63. The lowest BCUT2D eigenvalue weighted by Gasteiger charge is -2.29. The first-order valence-corrected chi connectivity index (χ1v) is 11.9. The highest BCUT2D eigenvalue weighted by atomic mass is 16.6. The molecule has 172 valence electrons. The number of ether oxygens (including phenoxy) is 4. The van der Waals surface area contributed by atoms with E-state index in [-0.39, 0.29) is 12.2 Å². The summed E-state index contributed by atoms with van der Waals surface area (Å²) in [6, 6.07) is 8.53. The molecule has 1 aliphatic carbocycles. The fourth-order valence-corrected chi connectivity index (χ4v) is 4.55. The van der Waals surface area contributed by atoms with Gasteiger partial charge in [0.1, 0.15) is 18.0 Å². The van der Waals surface area contributed by atoms with Crippen LogP contribution in [0.5, 0.6) is 11.6 Å². The van der Waals surface area contributed by atoms with Crippen molar-refractivity contribution in [1.29, 1.82) is 0 Å². The summed E-state index contributed by atoms with van der Waals surface area (Å²) in [7, 11) is 0. The molecule has 0 spiro atoms. The van der Waals surface area contributed by atoms with E-state index in [0.717, 1.165) is 54.4 Å². The number of anilines is 1. The molecule has 1 N–H and O–H groups in total. The van der Waals surface area contributed by atoms with Crippen LogP contribution in [0.15, 0.2) is 24.3 Å². The van der Waals surface area contributed by atoms with Crippen LogP contribution < -0.4 is 14.8 Å². The maximum Gasteiger partial charge on any atom is 0.226 e. The van der Waals surface area contributed by atoms with E-state index in [2.05, 4.69) is 24.4 Å². The number of nitrogens with one attached hydrogen (secondary N) is 1. The van der Waals surface area contributed by atoms with Crippen LogP contribution in [-0.2, 0) is 9.47 Å². The Hall–Kier alpha value is -2.38. The van der Waals surface area contributed by atoms with Crippen molar-refractivity contribution in [2.24, 2.45) is 5.92 Å². The second-order valence-electron chi connectivity index (χ2n) is 9.32. The van der Waals surface area contributed by atoms with E-state index in [1.54, 1.807) is 0 Å². The molecule has 2 aliphatic heterocycles.